The molecule has 0 spiro atoms. The van der Waals surface area contributed by atoms with Crippen molar-refractivity contribution in [1.82, 2.24) is 4.98 Å². The van der Waals surface area contributed by atoms with E-state index in [2.05, 4.69) is 15.0 Å². The maximum atomic E-state index is 12.3. The molecule has 6 nitrogen and oxygen atoms in total. The van der Waals surface area contributed by atoms with Crippen molar-refractivity contribution in [3.63, 3.8) is 0 Å². The van der Waals surface area contributed by atoms with Crippen LogP contribution in [-0.4, -0.2) is 25.6 Å². The van der Waals surface area contributed by atoms with Crippen LogP contribution in [0.1, 0.15) is 15.9 Å². The normalized spacial score (nSPS) is 11.2. The predicted molar refractivity (Wildman–Crippen MR) is 105 cm³/mol. The van der Waals surface area contributed by atoms with E-state index in [0.29, 0.717) is 16.4 Å². The highest BCUT2D eigenvalue weighted by molar-refractivity contribution is 7.92. The molecule has 0 fully saturated rings. The Kier molecular flexibility index (Phi) is 5.06. The Hall–Kier alpha value is -2.71. The van der Waals surface area contributed by atoms with E-state index < -0.39 is 10.0 Å². The zero-order chi connectivity index (χ0) is 18.7. The summed E-state index contributed by atoms with van der Waals surface area (Å²) >= 11 is 1.35. The molecule has 0 unspecified atom stereocenters. The zero-order valence-corrected chi connectivity index (χ0v) is 15.8. The number of sulfonamides is 1. The summed E-state index contributed by atoms with van der Waals surface area (Å²) in [6.07, 6.45) is 1.07. The number of nitrogens with one attached hydrogen (secondary N) is 2. The molecule has 2 aromatic carbocycles. The second-order valence-electron chi connectivity index (χ2n) is 5.81. The molecule has 26 heavy (non-hydrogen) atoms. The van der Waals surface area contributed by atoms with Crippen LogP contribution in [0.5, 0.6) is 0 Å². The van der Waals surface area contributed by atoms with Crippen LogP contribution in [0.4, 0.5) is 10.8 Å². The lowest BCUT2D eigenvalue weighted by Crippen LogP contribution is -2.12. The second-order valence-corrected chi connectivity index (χ2v) is 8.42. The third kappa shape index (κ3) is 4.68. The average molecular weight is 387 g/mol. The highest BCUT2D eigenvalue weighted by Crippen LogP contribution is 2.25. The molecule has 1 heterocycles. The summed E-state index contributed by atoms with van der Waals surface area (Å²) in [6.45, 7) is 2.02. The van der Waals surface area contributed by atoms with E-state index in [9.17, 15) is 13.2 Å². The van der Waals surface area contributed by atoms with Gasteiger partial charge in [0.05, 0.1) is 11.9 Å². The molecular weight excluding hydrogens is 370 g/mol. The number of benzene rings is 2. The summed E-state index contributed by atoms with van der Waals surface area (Å²) in [7, 11) is -3.34. The molecule has 2 N–H and O–H groups in total. The van der Waals surface area contributed by atoms with Gasteiger partial charge in [-0.1, -0.05) is 29.8 Å². The number of rotatable bonds is 5. The van der Waals surface area contributed by atoms with Crippen LogP contribution >= 0.6 is 11.3 Å². The summed E-state index contributed by atoms with van der Waals surface area (Å²) in [5.41, 5.74) is 3.78. The van der Waals surface area contributed by atoms with Gasteiger partial charge < -0.3 is 0 Å². The fourth-order valence-electron chi connectivity index (χ4n) is 2.26. The van der Waals surface area contributed by atoms with Crippen molar-refractivity contribution in [2.75, 3.05) is 16.3 Å². The number of aryl methyl sites for hydroxylation is 1. The molecule has 0 aliphatic heterocycles. The Morgan fingerprint density at radius 1 is 1.04 bits per heavy atom. The topological polar surface area (TPSA) is 88.2 Å². The summed E-state index contributed by atoms with van der Waals surface area (Å²) in [4.78, 5) is 16.8. The third-order valence-corrected chi connectivity index (χ3v) is 4.89. The molecule has 0 aliphatic carbocycles. The number of hydrogen-bond donors (Lipinski definition) is 2. The minimum Gasteiger partial charge on any atom is -0.298 e. The van der Waals surface area contributed by atoms with Gasteiger partial charge >= 0.3 is 0 Å². The van der Waals surface area contributed by atoms with Crippen molar-refractivity contribution < 1.29 is 13.2 Å². The van der Waals surface area contributed by atoms with E-state index in [1.165, 1.54) is 29.0 Å². The van der Waals surface area contributed by atoms with Gasteiger partial charge in [0, 0.05) is 22.2 Å². The van der Waals surface area contributed by atoms with Crippen LogP contribution in [0, 0.1) is 6.92 Å². The average Bonchev–Trinajstić information content (AvgIpc) is 3.03. The monoisotopic (exact) mass is 387 g/mol. The van der Waals surface area contributed by atoms with Gasteiger partial charge in [-0.05, 0) is 31.2 Å². The van der Waals surface area contributed by atoms with Gasteiger partial charge in [-0.2, -0.15) is 0 Å². The van der Waals surface area contributed by atoms with Gasteiger partial charge in [0.1, 0.15) is 0 Å². The Labute approximate surface area is 156 Å². The van der Waals surface area contributed by atoms with Crippen molar-refractivity contribution in [1.29, 1.82) is 0 Å². The highest BCUT2D eigenvalue weighted by Gasteiger charge is 2.11. The molecule has 134 valence electrons. The molecule has 8 heteroatoms. The van der Waals surface area contributed by atoms with E-state index in [-0.39, 0.29) is 5.91 Å². The van der Waals surface area contributed by atoms with E-state index in [0.717, 1.165) is 17.5 Å². The van der Waals surface area contributed by atoms with E-state index in [4.69, 9.17) is 0 Å². The highest BCUT2D eigenvalue weighted by atomic mass is 32.2. The first-order valence-corrected chi connectivity index (χ1v) is 10.5. The van der Waals surface area contributed by atoms with Crippen molar-refractivity contribution in [2.24, 2.45) is 0 Å². The van der Waals surface area contributed by atoms with Gasteiger partial charge in [0.2, 0.25) is 10.0 Å². The van der Waals surface area contributed by atoms with E-state index in [1.807, 2.05) is 36.6 Å². The fourth-order valence-corrected chi connectivity index (χ4v) is 3.54. The number of hydrogen-bond acceptors (Lipinski definition) is 5. The quantitative estimate of drug-likeness (QED) is 0.698. The first-order chi connectivity index (χ1) is 12.3. The molecule has 0 aliphatic rings. The van der Waals surface area contributed by atoms with Crippen molar-refractivity contribution in [3.8, 4) is 11.3 Å². The lowest BCUT2D eigenvalue weighted by molar-refractivity contribution is 0.102. The largest absolute Gasteiger partial charge is 0.298 e. The summed E-state index contributed by atoms with van der Waals surface area (Å²) in [5.74, 6) is -0.305. The smallest absolute Gasteiger partial charge is 0.257 e. The predicted octanol–water partition coefficient (Wildman–Crippen LogP) is 3.74. The second kappa shape index (κ2) is 7.27. The minimum absolute atomic E-state index is 0.305. The molecule has 1 amide bonds. The Morgan fingerprint density at radius 3 is 2.31 bits per heavy atom. The fraction of sp³-hybridized carbons (Fsp3) is 0.111. The maximum Gasteiger partial charge on any atom is 0.257 e. The number of anilines is 2. The van der Waals surface area contributed by atoms with Crippen LogP contribution < -0.4 is 10.0 Å². The summed E-state index contributed by atoms with van der Waals surface area (Å²) in [5, 5.41) is 5.15. The van der Waals surface area contributed by atoms with Gasteiger partial charge in [-0.25, -0.2) is 13.4 Å². The van der Waals surface area contributed by atoms with Crippen molar-refractivity contribution in [2.45, 2.75) is 6.92 Å². The summed E-state index contributed by atoms with van der Waals surface area (Å²) < 4.78 is 24.8. The van der Waals surface area contributed by atoms with Gasteiger partial charge in [0.25, 0.3) is 5.91 Å². The molecule has 0 saturated carbocycles. The minimum atomic E-state index is -3.34. The summed E-state index contributed by atoms with van der Waals surface area (Å²) in [6, 6.07) is 14.2. The number of carbonyl (C=O) groups is 1. The standard InChI is InChI=1S/C18H17N3O3S2/c1-12-3-5-13(6-4-12)16-11-25-18(19-16)20-17(22)14-7-9-15(10-8-14)21-26(2,23)24/h3-11,21H,1-2H3,(H,19,20,22). The van der Waals surface area contributed by atoms with Crippen LogP contribution in [0.3, 0.4) is 0 Å². The third-order valence-electron chi connectivity index (χ3n) is 3.52. The van der Waals surface area contributed by atoms with Crippen LogP contribution in [0.15, 0.2) is 53.9 Å². The zero-order valence-electron chi connectivity index (χ0n) is 14.2. The lowest BCUT2D eigenvalue weighted by atomic mass is 10.1. The molecule has 0 radical (unpaired) electrons. The van der Waals surface area contributed by atoms with Gasteiger partial charge in [0.15, 0.2) is 5.13 Å². The Balaban J connectivity index is 1.69. The van der Waals surface area contributed by atoms with E-state index in [1.54, 1.807) is 12.1 Å². The van der Waals surface area contributed by atoms with Crippen LogP contribution in [-0.2, 0) is 10.0 Å². The molecule has 3 rings (SSSR count). The first-order valence-electron chi connectivity index (χ1n) is 7.72. The lowest BCUT2D eigenvalue weighted by Gasteiger charge is -2.05. The SMILES string of the molecule is Cc1ccc(-c2csc(NC(=O)c3ccc(NS(C)(=O)=O)cc3)n2)cc1. The maximum absolute atomic E-state index is 12.3. The molecule has 1 aromatic heterocycles. The molecule has 0 atom stereocenters. The first kappa shape index (κ1) is 18.1. The molecule has 3 aromatic rings. The van der Waals surface area contributed by atoms with Crippen molar-refractivity contribution in [3.05, 3.63) is 65.0 Å². The van der Waals surface area contributed by atoms with Crippen molar-refractivity contribution >= 4 is 38.1 Å². The number of carbonyl (C=O) groups excluding carboxylic acids is 1. The molecule has 0 saturated heterocycles. The molecular formula is C18H17N3O3S2. The Morgan fingerprint density at radius 2 is 1.69 bits per heavy atom. The molecule has 0 bridgehead atoms. The van der Waals surface area contributed by atoms with E-state index >= 15 is 0 Å². The van der Waals surface area contributed by atoms with Gasteiger partial charge in [-0.3, -0.25) is 14.8 Å². The van der Waals surface area contributed by atoms with Crippen LogP contribution in [0.25, 0.3) is 11.3 Å². The number of aromatic nitrogens is 1. The van der Waals surface area contributed by atoms with Crippen LogP contribution in [0.2, 0.25) is 0 Å². The Bertz CT molecular complexity index is 1020. The van der Waals surface area contributed by atoms with Gasteiger partial charge in [-0.15, -0.1) is 11.3 Å². The number of nitrogens with zero attached hydrogens (tertiary/aromatic N) is 1. The number of thiazole rings is 1. The number of amides is 1.